The summed E-state index contributed by atoms with van der Waals surface area (Å²) in [4.78, 5) is 27.3. The van der Waals surface area contributed by atoms with Gasteiger partial charge in [0.15, 0.2) is 10.9 Å². The second-order valence-corrected chi connectivity index (χ2v) is 10.7. The van der Waals surface area contributed by atoms with Crippen LogP contribution in [0.4, 0.5) is 25.8 Å². The Hall–Kier alpha value is -3.39. The molecule has 1 atom stereocenters. The number of benzene rings is 1. The smallest absolute Gasteiger partial charge is 0.325 e. The molecule has 2 amide bonds. The van der Waals surface area contributed by atoms with Crippen LogP contribution in [0.5, 0.6) is 5.75 Å². The quantitative estimate of drug-likeness (QED) is 0.311. The third kappa shape index (κ3) is 5.96. The van der Waals surface area contributed by atoms with E-state index in [1.54, 1.807) is 23.6 Å². The summed E-state index contributed by atoms with van der Waals surface area (Å²) in [5.41, 5.74) is 6.77. The van der Waals surface area contributed by atoms with Crippen LogP contribution < -0.4 is 20.7 Å². The van der Waals surface area contributed by atoms with E-state index in [-0.39, 0.29) is 24.1 Å². The SMILES string of the molecule is CC1(C)OCC(COc2cc(F)cc(N(C(N)=O)c3ncc(CCNc4ncnc5ccsc45)s3)c2)O1. The number of thiazole rings is 1. The number of nitrogens with one attached hydrogen (secondary N) is 1. The topological polar surface area (TPSA) is 125 Å². The summed E-state index contributed by atoms with van der Waals surface area (Å²) in [5.74, 6) is -0.255. The second-order valence-electron chi connectivity index (χ2n) is 8.72. The number of aromatic nitrogens is 3. The highest BCUT2D eigenvalue weighted by Gasteiger charge is 2.33. The zero-order valence-electron chi connectivity index (χ0n) is 20.1. The van der Waals surface area contributed by atoms with Crippen molar-refractivity contribution in [1.29, 1.82) is 0 Å². The highest BCUT2D eigenvalue weighted by molar-refractivity contribution is 7.17. The Morgan fingerprint density at radius 3 is 2.97 bits per heavy atom. The molecule has 10 nitrogen and oxygen atoms in total. The van der Waals surface area contributed by atoms with Gasteiger partial charge in [-0.15, -0.1) is 22.7 Å². The van der Waals surface area contributed by atoms with Gasteiger partial charge >= 0.3 is 6.03 Å². The standard InChI is InChI=1S/C24H25FN6O4S2/c1-24(2)34-12-17(35-24)11-33-16-8-14(25)7-15(9-16)31(22(26)32)23-28-10-18(37-23)3-5-27-21-20-19(4-6-36-20)29-13-30-21/h4,6-10,13,17H,3,5,11-12H2,1-2H3,(H2,26,32)(H,27,29,30). The summed E-state index contributed by atoms with van der Waals surface area (Å²) in [6, 6.07) is 5.14. The first-order valence-corrected chi connectivity index (χ1v) is 13.2. The second kappa shape index (κ2) is 10.5. The van der Waals surface area contributed by atoms with Gasteiger partial charge in [0.25, 0.3) is 0 Å². The number of primary amides is 1. The third-order valence-electron chi connectivity index (χ3n) is 5.48. The number of rotatable bonds is 9. The molecular weight excluding hydrogens is 519 g/mol. The predicted molar refractivity (Wildman–Crippen MR) is 140 cm³/mol. The molecule has 1 aliphatic rings. The summed E-state index contributed by atoms with van der Waals surface area (Å²) in [6.07, 6.45) is 3.55. The maximum Gasteiger partial charge on any atom is 0.325 e. The summed E-state index contributed by atoms with van der Waals surface area (Å²) in [7, 11) is 0. The summed E-state index contributed by atoms with van der Waals surface area (Å²) >= 11 is 2.87. The van der Waals surface area contributed by atoms with Gasteiger partial charge in [-0.3, -0.25) is 0 Å². The molecule has 3 N–H and O–H groups in total. The lowest BCUT2D eigenvalue weighted by Gasteiger charge is -2.19. The summed E-state index contributed by atoms with van der Waals surface area (Å²) < 4.78 is 32.4. The molecule has 1 unspecified atom stereocenters. The molecule has 13 heteroatoms. The number of thiophene rings is 1. The fourth-order valence-electron chi connectivity index (χ4n) is 3.86. The lowest BCUT2D eigenvalue weighted by Crippen LogP contribution is -2.31. The largest absolute Gasteiger partial charge is 0.491 e. The number of nitrogens with two attached hydrogens (primary N) is 1. The molecule has 4 aromatic rings. The van der Waals surface area contributed by atoms with Crippen LogP contribution in [0.3, 0.4) is 0 Å². The van der Waals surface area contributed by atoms with Crippen molar-refractivity contribution in [1.82, 2.24) is 15.0 Å². The van der Waals surface area contributed by atoms with Gasteiger partial charge in [-0.2, -0.15) is 0 Å². The first-order chi connectivity index (χ1) is 17.8. The molecule has 1 aromatic carbocycles. The Labute approximate surface area is 220 Å². The van der Waals surface area contributed by atoms with Crippen molar-refractivity contribution in [3.8, 4) is 5.75 Å². The Bertz CT molecular complexity index is 1410. The molecule has 194 valence electrons. The molecule has 1 fully saturated rings. The van der Waals surface area contributed by atoms with Gasteiger partial charge in [-0.1, -0.05) is 0 Å². The van der Waals surface area contributed by atoms with Gasteiger partial charge in [0.05, 0.1) is 22.5 Å². The highest BCUT2D eigenvalue weighted by Crippen LogP contribution is 2.33. The van der Waals surface area contributed by atoms with E-state index in [2.05, 4.69) is 20.3 Å². The van der Waals surface area contributed by atoms with Crippen molar-refractivity contribution in [2.24, 2.45) is 5.73 Å². The van der Waals surface area contributed by atoms with E-state index in [4.69, 9.17) is 19.9 Å². The number of carbonyl (C=O) groups excluding carboxylic acids is 1. The van der Waals surface area contributed by atoms with Crippen molar-refractivity contribution >= 4 is 55.6 Å². The lowest BCUT2D eigenvalue weighted by molar-refractivity contribution is -0.141. The van der Waals surface area contributed by atoms with E-state index in [9.17, 15) is 9.18 Å². The maximum absolute atomic E-state index is 14.5. The minimum absolute atomic E-state index is 0.168. The number of amides is 2. The van der Waals surface area contributed by atoms with Crippen LogP contribution in [0, 0.1) is 5.82 Å². The monoisotopic (exact) mass is 544 g/mol. The van der Waals surface area contributed by atoms with Gasteiger partial charge in [0.2, 0.25) is 0 Å². The molecule has 4 heterocycles. The zero-order chi connectivity index (χ0) is 26.0. The predicted octanol–water partition coefficient (Wildman–Crippen LogP) is 4.69. The molecule has 0 spiro atoms. The van der Waals surface area contributed by atoms with Gasteiger partial charge in [-0.25, -0.2) is 29.0 Å². The molecule has 0 aliphatic carbocycles. The van der Waals surface area contributed by atoms with Crippen molar-refractivity contribution < 1.29 is 23.4 Å². The Kier molecular flexibility index (Phi) is 7.20. The van der Waals surface area contributed by atoms with Gasteiger partial charge in [0, 0.05) is 36.2 Å². The molecule has 1 saturated heterocycles. The van der Waals surface area contributed by atoms with E-state index in [0.717, 1.165) is 25.8 Å². The summed E-state index contributed by atoms with van der Waals surface area (Å²) in [6.45, 7) is 4.77. The number of anilines is 3. The number of halogens is 1. The first kappa shape index (κ1) is 25.3. The van der Waals surface area contributed by atoms with E-state index in [0.29, 0.717) is 24.7 Å². The number of hydrogen-bond donors (Lipinski definition) is 2. The molecule has 0 saturated carbocycles. The average molecular weight is 545 g/mol. The molecule has 0 radical (unpaired) electrons. The highest BCUT2D eigenvalue weighted by atomic mass is 32.1. The maximum atomic E-state index is 14.5. The Morgan fingerprint density at radius 1 is 1.32 bits per heavy atom. The molecular formula is C24H25FN6O4S2. The molecule has 3 aromatic heterocycles. The van der Waals surface area contributed by atoms with E-state index in [1.165, 1.54) is 29.8 Å². The fraction of sp³-hybridized carbons (Fsp3) is 0.333. The molecule has 1 aliphatic heterocycles. The van der Waals surface area contributed by atoms with Crippen LogP contribution >= 0.6 is 22.7 Å². The lowest BCUT2D eigenvalue weighted by atomic mass is 10.2. The minimum atomic E-state index is -0.786. The van der Waals surface area contributed by atoms with Crippen molar-refractivity contribution in [2.75, 3.05) is 30.0 Å². The third-order valence-corrected chi connectivity index (χ3v) is 7.43. The summed E-state index contributed by atoms with van der Waals surface area (Å²) in [5, 5.41) is 5.62. The van der Waals surface area contributed by atoms with Crippen molar-refractivity contribution in [2.45, 2.75) is 32.2 Å². The van der Waals surface area contributed by atoms with Crippen LogP contribution in [-0.4, -0.2) is 52.6 Å². The van der Waals surface area contributed by atoms with Crippen molar-refractivity contribution in [3.63, 3.8) is 0 Å². The Balaban J connectivity index is 1.26. The first-order valence-electron chi connectivity index (χ1n) is 11.5. The number of hydrogen-bond acceptors (Lipinski definition) is 10. The zero-order valence-corrected chi connectivity index (χ0v) is 21.8. The van der Waals surface area contributed by atoms with Crippen LogP contribution in [0.1, 0.15) is 18.7 Å². The van der Waals surface area contributed by atoms with E-state index < -0.39 is 17.6 Å². The van der Waals surface area contributed by atoms with Gasteiger partial charge in [-0.05, 0) is 31.4 Å². The van der Waals surface area contributed by atoms with Crippen LogP contribution in [0.2, 0.25) is 0 Å². The van der Waals surface area contributed by atoms with Crippen LogP contribution in [0.15, 0.2) is 42.2 Å². The molecule has 37 heavy (non-hydrogen) atoms. The number of ether oxygens (including phenoxy) is 3. The number of carbonyl (C=O) groups is 1. The van der Waals surface area contributed by atoms with E-state index >= 15 is 0 Å². The van der Waals surface area contributed by atoms with Gasteiger partial charge in [0.1, 0.15) is 36.4 Å². The van der Waals surface area contributed by atoms with Crippen LogP contribution in [0.25, 0.3) is 10.2 Å². The normalized spacial score (nSPS) is 16.7. The van der Waals surface area contributed by atoms with E-state index in [1.807, 2.05) is 25.3 Å². The number of urea groups is 1. The molecule has 5 rings (SSSR count). The number of fused-ring (bicyclic) bond motifs is 1. The fourth-order valence-corrected chi connectivity index (χ4v) is 5.61. The number of nitrogens with zero attached hydrogens (tertiary/aromatic N) is 4. The van der Waals surface area contributed by atoms with Crippen LogP contribution in [-0.2, 0) is 15.9 Å². The average Bonchev–Trinajstić information content (AvgIpc) is 3.58. The van der Waals surface area contributed by atoms with Gasteiger partial charge < -0.3 is 25.3 Å². The minimum Gasteiger partial charge on any atom is -0.491 e. The Morgan fingerprint density at radius 2 is 2.19 bits per heavy atom. The molecule has 0 bridgehead atoms. The van der Waals surface area contributed by atoms with Crippen molar-refractivity contribution in [3.05, 3.63) is 52.9 Å².